The van der Waals surface area contributed by atoms with Crippen LogP contribution in [0.2, 0.25) is 0 Å². The number of amides is 2. The predicted octanol–water partition coefficient (Wildman–Crippen LogP) is 4.33. The van der Waals surface area contributed by atoms with Crippen LogP contribution in [0.25, 0.3) is 10.2 Å². The Bertz CT molecular complexity index is 1140. The standard InChI is InChI=1S/C16H13F3N4O3S2/c1-28(25,26)23-15-22-12-8-11(5-6-13(12)27-15)21-14(24)20-10-4-2-3-9(7-10)16(17,18)19/h2-8H,1H3,(H,22,23)(H2,20,21,24). The number of carbonyl (C=O) groups is 1. The molecule has 0 saturated heterocycles. The molecule has 0 saturated carbocycles. The minimum absolute atomic E-state index is 0.0123. The van der Waals surface area contributed by atoms with Gasteiger partial charge in [-0.1, -0.05) is 17.4 Å². The van der Waals surface area contributed by atoms with Crippen molar-refractivity contribution >= 4 is 54.1 Å². The summed E-state index contributed by atoms with van der Waals surface area (Å²) in [6.07, 6.45) is -3.51. The summed E-state index contributed by atoms with van der Waals surface area (Å²) in [5.74, 6) is 0. The van der Waals surface area contributed by atoms with Gasteiger partial charge in [0.1, 0.15) is 0 Å². The van der Waals surface area contributed by atoms with Gasteiger partial charge >= 0.3 is 12.2 Å². The Kier molecular flexibility index (Phi) is 5.17. The third-order valence-electron chi connectivity index (χ3n) is 3.37. The van der Waals surface area contributed by atoms with Gasteiger partial charge < -0.3 is 10.6 Å². The van der Waals surface area contributed by atoms with Crippen molar-refractivity contribution in [1.82, 2.24) is 4.98 Å². The number of aromatic nitrogens is 1. The lowest BCUT2D eigenvalue weighted by molar-refractivity contribution is -0.137. The van der Waals surface area contributed by atoms with Crippen molar-refractivity contribution < 1.29 is 26.4 Å². The highest BCUT2D eigenvalue weighted by atomic mass is 32.2. The van der Waals surface area contributed by atoms with E-state index in [-0.39, 0.29) is 10.8 Å². The first-order valence-corrected chi connectivity index (χ1v) is 10.3. The number of nitrogens with one attached hydrogen (secondary N) is 3. The zero-order valence-corrected chi connectivity index (χ0v) is 15.8. The lowest BCUT2D eigenvalue weighted by Gasteiger charge is -2.10. The van der Waals surface area contributed by atoms with Gasteiger partial charge in [-0.25, -0.2) is 18.2 Å². The second-order valence-electron chi connectivity index (χ2n) is 5.73. The molecule has 3 aromatic rings. The van der Waals surface area contributed by atoms with Crippen LogP contribution in [-0.4, -0.2) is 25.7 Å². The predicted molar refractivity (Wildman–Crippen MR) is 102 cm³/mol. The van der Waals surface area contributed by atoms with Crippen molar-refractivity contribution in [3.8, 4) is 0 Å². The van der Waals surface area contributed by atoms with Crippen LogP contribution >= 0.6 is 11.3 Å². The van der Waals surface area contributed by atoms with E-state index in [1.807, 2.05) is 0 Å². The van der Waals surface area contributed by atoms with Gasteiger partial charge in [0.05, 0.1) is 22.0 Å². The molecule has 0 radical (unpaired) electrons. The Morgan fingerprint density at radius 2 is 1.75 bits per heavy atom. The normalized spacial score (nSPS) is 12.0. The highest BCUT2D eigenvalue weighted by Gasteiger charge is 2.30. The Balaban J connectivity index is 1.73. The number of alkyl halides is 3. The summed E-state index contributed by atoms with van der Waals surface area (Å²) in [6, 6.07) is 8.25. The number of halogens is 3. The largest absolute Gasteiger partial charge is 0.416 e. The second-order valence-corrected chi connectivity index (χ2v) is 8.51. The Labute approximate surface area is 161 Å². The number of benzene rings is 2. The van der Waals surface area contributed by atoms with E-state index in [1.54, 1.807) is 12.1 Å². The molecule has 3 N–H and O–H groups in total. The molecular weight excluding hydrogens is 417 g/mol. The molecule has 7 nitrogen and oxygen atoms in total. The Morgan fingerprint density at radius 1 is 1.07 bits per heavy atom. The molecule has 0 atom stereocenters. The summed E-state index contributed by atoms with van der Waals surface area (Å²) in [5.41, 5.74) is -0.0944. The number of fused-ring (bicyclic) bond motifs is 1. The van der Waals surface area contributed by atoms with E-state index in [0.29, 0.717) is 15.9 Å². The third kappa shape index (κ3) is 5.10. The van der Waals surface area contributed by atoms with Gasteiger partial charge in [-0.15, -0.1) is 0 Å². The van der Waals surface area contributed by atoms with Crippen molar-refractivity contribution in [1.29, 1.82) is 0 Å². The number of hydrogen-bond acceptors (Lipinski definition) is 5. The molecule has 1 aromatic heterocycles. The zero-order valence-electron chi connectivity index (χ0n) is 14.2. The molecule has 2 aromatic carbocycles. The zero-order chi connectivity index (χ0) is 20.5. The number of rotatable bonds is 4. The first-order chi connectivity index (χ1) is 13.0. The maximum absolute atomic E-state index is 12.7. The molecule has 148 valence electrons. The number of anilines is 3. The molecular formula is C16H13F3N4O3S2. The molecule has 2 amide bonds. The van der Waals surface area contributed by atoms with Crippen LogP contribution in [-0.2, 0) is 16.2 Å². The molecule has 28 heavy (non-hydrogen) atoms. The fraction of sp³-hybridized carbons (Fsp3) is 0.125. The molecule has 0 aliphatic carbocycles. The summed E-state index contributed by atoms with van der Waals surface area (Å²) in [4.78, 5) is 16.2. The van der Waals surface area contributed by atoms with E-state index in [1.165, 1.54) is 18.2 Å². The molecule has 0 spiro atoms. The van der Waals surface area contributed by atoms with Gasteiger partial charge in [0.2, 0.25) is 10.0 Å². The fourth-order valence-electron chi connectivity index (χ4n) is 2.27. The maximum Gasteiger partial charge on any atom is 0.416 e. The lowest BCUT2D eigenvalue weighted by Crippen LogP contribution is -2.19. The second kappa shape index (κ2) is 7.28. The number of urea groups is 1. The van der Waals surface area contributed by atoms with Gasteiger partial charge in [-0.2, -0.15) is 13.2 Å². The molecule has 0 aliphatic rings. The monoisotopic (exact) mass is 430 g/mol. The highest BCUT2D eigenvalue weighted by Crippen LogP contribution is 2.31. The average Bonchev–Trinajstić information content (AvgIpc) is 2.93. The lowest BCUT2D eigenvalue weighted by atomic mass is 10.2. The summed E-state index contributed by atoms with van der Waals surface area (Å²) < 4.78 is 63.7. The van der Waals surface area contributed by atoms with E-state index >= 15 is 0 Å². The summed E-state index contributed by atoms with van der Waals surface area (Å²) in [6.45, 7) is 0. The summed E-state index contributed by atoms with van der Waals surface area (Å²) >= 11 is 1.12. The van der Waals surface area contributed by atoms with E-state index in [4.69, 9.17) is 0 Å². The van der Waals surface area contributed by atoms with Crippen LogP contribution in [0, 0.1) is 0 Å². The molecule has 3 rings (SSSR count). The van der Waals surface area contributed by atoms with Gasteiger partial charge in [0.25, 0.3) is 0 Å². The van der Waals surface area contributed by atoms with Crippen molar-refractivity contribution in [2.75, 3.05) is 21.6 Å². The number of thiazole rings is 1. The molecule has 12 heteroatoms. The van der Waals surface area contributed by atoms with Crippen LogP contribution in [0.5, 0.6) is 0 Å². The highest BCUT2D eigenvalue weighted by molar-refractivity contribution is 7.92. The third-order valence-corrected chi connectivity index (χ3v) is 5.01. The van der Waals surface area contributed by atoms with Crippen LogP contribution in [0.15, 0.2) is 42.5 Å². The van der Waals surface area contributed by atoms with Crippen LogP contribution < -0.4 is 15.4 Å². The van der Waals surface area contributed by atoms with Crippen molar-refractivity contribution in [2.45, 2.75) is 6.18 Å². The summed E-state index contributed by atoms with van der Waals surface area (Å²) in [7, 11) is -3.46. The fourth-order valence-corrected chi connectivity index (χ4v) is 3.96. The van der Waals surface area contributed by atoms with Crippen LogP contribution in [0.1, 0.15) is 5.56 Å². The van der Waals surface area contributed by atoms with Crippen molar-refractivity contribution in [3.05, 3.63) is 48.0 Å². The minimum atomic E-state index is -4.51. The SMILES string of the molecule is CS(=O)(=O)Nc1nc2cc(NC(=O)Nc3cccc(C(F)(F)F)c3)ccc2s1. The topological polar surface area (TPSA) is 100 Å². The first-order valence-electron chi connectivity index (χ1n) is 7.63. The molecule has 0 bridgehead atoms. The Morgan fingerprint density at radius 3 is 2.39 bits per heavy atom. The van der Waals surface area contributed by atoms with Crippen molar-refractivity contribution in [2.24, 2.45) is 0 Å². The maximum atomic E-state index is 12.7. The van der Waals surface area contributed by atoms with E-state index in [2.05, 4.69) is 20.3 Å². The van der Waals surface area contributed by atoms with Crippen LogP contribution in [0.4, 0.5) is 34.5 Å². The van der Waals surface area contributed by atoms with Gasteiger partial charge in [-0.3, -0.25) is 4.72 Å². The number of carbonyl (C=O) groups excluding carboxylic acids is 1. The van der Waals surface area contributed by atoms with E-state index in [0.717, 1.165) is 29.7 Å². The smallest absolute Gasteiger partial charge is 0.308 e. The van der Waals surface area contributed by atoms with E-state index in [9.17, 15) is 26.4 Å². The first kappa shape index (κ1) is 19.9. The molecule has 1 heterocycles. The van der Waals surface area contributed by atoms with E-state index < -0.39 is 27.8 Å². The molecule has 0 unspecified atom stereocenters. The summed E-state index contributed by atoms with van der Waals surface area (Å²) in [5, 5.41) is 5.00. The number of sulfonamides is 1. The number of nitrogens with zero attached hydrogens (tertiary/aromatic N) is 1. The minimum Gasteiger partial charge on any atom is -0.308 e. The Hall–Kier alpha value is -2.86. The molecule has 0 aliphatic heterocycles. The van der Waals surface area contributed by atoms with Crippen molar-refractivity contribution in [3.63, 3.8) is 0 Å². The number of hydrogen-bond donors (Lipinski definition) is 3. The quantitative estimate of drug-likeness (QED) is 0.574. The van der Waals surface area contributed by atoms with Gasteiger partial charge in [0, 0.05) is 11.4 Å². The average molecular weight is 430 g/mol. The molecule has 0 fully saturated rings. The van der Waals surface area contributed by atoms with Crippen LogP contribution in [0.3, 0.4) is 0 Å². The van der Waals surface area contributed by atoms with Gasteiger partial charge in [-0.05, 0) is 36.4 Å². The van der Waals surface area contributed by atoms with Gasteiger partial charge in [0.15, 0.2) is 5.13 Å².